The molecule has 0 unspecified atom stereocenters. The lowest BCUT2D eigenvalue weighted by Gasteiger charge is -2.17. The number of aryl methyl sites for hydroxylation is 1. The van der Waals surface area contributed by atoms with Gasteiger partial charge in [0.15, 0.2) is 0 Å². The van der Waals surface area contributed by atoms with Gasteiger partial charge in [-0.3, -0.25) is 0 Å². The molecule has 0 aliphatic rings. The predicted molar refractivity (Wildman–Crippen MR) is 99.8 cm³/mol. The van der Waals surface area contributed by atoms with Gasteiger partial charge in [-0.1, -0.05) is 48.8 Å². The first kappa shape index (κ1) is 17.2. The fraction of sp³-hybridized carbons (Fsp3) is 0.421. The predicted octanol–water partition coefficient (Wildman–Crippen LogP) is 4.03. The van der Waals surface area contributed by atoms with E-state index in [1.165, 1.54) is 10.8 Å². The highest BCUT2D eigenvalue weighted by Crippen LogP contribution is 2.29. The average Bonchev–Trinajstić information content (AvgIpc) is 3.05. The second-order valence-corrected chi connectivity index (χ2v) is 6.36. The number of hydrogen-bond acceptors (Lipinski definition) is 5. The van der Waals surface area contributed by atoms with Crippen LogP contribution >= 0.6 is 0 Å². The molecule has 1 heterocycles. The van der Waals surface area contributed by atoms with E-state index in [1.54, 1.807) is 0 Å². The monoisotopic (exact) mass is 339 g/mol. The maximum absolute atomic E-state index is 6.02. The minimum Gasteiger partial charge on any atom is -0.491 e. The first-order valence-electron chi connectivity index (χ1n) is 8.86. The smallest absolute Gasteiger partial charge is 0.243 e. The number of hydrogen-bond donors (Lipinski definition) is 1. The number of aromatic nitrogens is 4. The van der Waals surface area contributed by atoms with Crippen LogP contribution in [0.5, 0.6) is 5.75 Å². The summed E-state index contributed by atoms with van der Waals surface area (Å²) in [5, 5.41) is 17.7. The quantitative estimate of drug-likeness (QED) is 0.671. The Morgan fingerprint density at radius 2 is 2.00 bits per heavy atom. The zero-order chi connectivity index (χ0) is 17.6. The Morgan fingerprint density at radius 3 is 2.80 bits per heavy atom. The Labute approximate surface area is 148 Å². The van der Waals surface area contributed by atoms with Gasteiger partial charge in [-0.05, 0) is 47.5 Å². The zero-order valence-electron chi connectivity index (χ0n) is 15.1. The number of anilines is 1. The van der Waals surface area contributed by atoms with E-state index in [0.717, 1.165) is 30.7 Å². The van der Waals surface area contributed by atoms with Crippen LogP contribution in [0.25, 0.3) is 10.8 Å². The van der Waals surface area contributed by atoms with Gasteiger partial charge in [-0.15, -0.1) is 0 Å². The van der Waals surface area contributed by atoms with Crippen molar-refractivity contribution in [3.63, 3.8) is 0 Å². The molecule has 2 aromatic carbocycles. The summed E-state index contributed by atoms with van der Waals surface area (Å²) in [6.45, 7) is 7.66. The van der Waals surface area contributed by atoms with Crippen LogP contribution in [0.1, 0.15) is 39.2 Å². The fourth-order valence-corrected chi connectivity index (χ4v) is 2.82. The Morgan fingerprint density at radius 1 is 1.16 bits per heavy atom. The van der Waals surface area contributed by atoms with Gasteiger partial charge in [0.1, 0.15) is 5.75 Å². The largest absolute Gasteiger partial charge is 0.491 e. The number of fused-ring (bicyclic) bond motifs is 1. The molecule has 3 aromatic rings. The third kappa shape index (κ3) is 4.07. The molecule has 0 fully saturated rings. The summed E-state index contributed by atoms with van der Waals surface area (Å²) in [7, 11) is 0. The van der Waals surface area contributed by atoms with Gasteiger partial charge in [0, 0.05) is 18.7 Å². The lowest BCUT2D eigenvalue weighted by molar-refractivity contribution is 0.240. The summed E-state index contributed by atoms with van der Waals surface area (Å²) < 4.78 is 7.84. The summed E-state index contributed by atoms with van der Waals surface area (Å²) in [5.41, 5.74) is 1.12. The number of nitrogens with one attached hydrogen (secondary N) is 1. The first-order chi connectivity index (χ1) is 12.2. The molecule has 3 rings (SSSR count). The second kappa shape index (κ2) is 7.96. The normalized spacial score (nSPS) is 11.2. The zero-order valence-corrected chi connectivity index (χ0v) is 15.1. The molecule has 0 saturated heterocycles. The van der Waals surface area contributed by atoms with E-state index in [0.29, 0.717) is 12.5 Å². The third-order valence-electron chi connectivity index (χ3n) is 4.04. The van der Waals surface area contributed by atoms with Crippen molar-refractivity contribution in [2.45, 2.75) is 52.8 Å². The maximum atomic E-state index is 6.02. The molecule has 6 nitrogen and oxygen atoms in total. The molecule has 0 radical (unpaired) electrons. The van der Waals surface area contributed by atoms with Crippen LogP contribution in [0.3, 0.4) is 0 Å². The highest BCUT2D eigenvalue weighted by Gasteiger charge is 2.12. The molecular weight excluding hydrogens is 314 g/mol. The molecule has 1 N–H and O–H groups in total. The summed E-state index contributed by atoms with van der Waals surface area (Å²) in [4.78, 5) is 0. The molecule has 0 aliphatic carbocycles. The molecule has 0 amide bonds. The van der Waals surface area contributed by atoms with Crippen LogP contribution in [0.15, 0.2) is 36.4 Å². The van der Waals surface area contributed by atoms with Crippen molar-refractivity contribution in [1.29, 1.82) is 0 Å². The summed E-state index contributed by atoms with van der Waals surface area (Å²) >= 11 is 0. The molecule has 1 aromatic heterocycles. The SMILES string of the molecule is CCCCn1nnnc1NCc1c(OC(C)C)ccc2ccccc12. The van der Waals surface area contributed by atoms with Gasteiger partial charge in [0.05, 0.1) is 6.10 Å². The summed E-state index contributed by atoms with van der Waals surface area (Å²) in [6.07, 6.45) is 2.28. The van der Waals surface area contributed by atoms with Gasteiger partial charge >= 0.3 is 0 Å². The highest BCUT2D eigenvalue weighted by molar-refractivity contribution is 5.88. The van der Waals surface area contributed by atoms with E-state index in [1.807, 2.05) is 30.7 Å². The summed E-state index contributed by atoms with van der Waals surface area (Å²) in [5.74, 6) is 1.59. The molecule has 0 atom stereocenters. The van der Waals surface area contributed by atoms with Gasteiger partial charge in [-0.25, -0.2) is 4.68 Å². The van der Waals surface area contributed by atoms with E-state index < -0.39 is 0 Å². The lowest BCUT2D eigenvalue weighted by Crippen LogP contribution is -2.12. The van der Waals surface area contributed by atoms with Crippen molar-refractivity contribution in [3.8, 4) is 5.75 Å². The van der Waals surface area contributed by atoms with E-state index in [2.05, 4.69) is 52.0 Å². The standard InChI is InChI=1S/C19H25N5O/c1-4-5-12-24-19(21-22-23-24)20-13-17-16-9-7-6-8-15(16)10-11-18(17)25-14(2)3/h6-11,14H,4-5,12-13H2,1-3H3,(H,20,21,23). The molecule has 0 spiro atoms. The van der Waals surface area contributed by atoms with Crippen molar-refractivity contribution < 1.29 is 4.74 Å². The average molecular weight is 339 g/mol. The molecular formula is C19H25N5O. The Bertz CT molecular complexity index is 828. The molecule has 0 saturated carbocycles. The molecule has 6 heteroatoms. The molecule has 25 heavy (non-hydrogen) atoms. The number of nitrogens with zero attached hydrogens (tertiary/aromatic N) is 4. The number of tetrazole rings is 1. The third-order valence-corrected chi connectivity index (χ3v) is 4.04. The Balaban J connectivity index is 1.88. The van der Waals surface area contributed by atoms with Crippen LogP contribution in [-0.2, 0) is 13.1 Å². The van der Waals surface area contributed by atoms with Crippen molar-refractivity contribution in [2.75, 3.05) is 5.32 Å². The second-order valence-electron chi connectivity index (χ2n) is 6.36. The minimum atomic E-state index is 0.120. The van der Waals surface area contributed by atoms with Gasteiger partial charge in [0.25, 0.3) is 0 Å². The van der Waals surface area contributed by atoms with Crippen LogP contribution in [-0.4, -0.2) is 26.3 Å². The number of rotatable bonds is 8. The maximum Gasteiger partial charge on any atom is 0.243 e. The molecule has 132 valence electrons. The topological polar surface area (TPSA) is 64.9 Å². The van der Waals surface area contributed by atoms with Crippen molar-refractivity contribution in [2.24, 2.45) is 0 Å². The van der Waals surface area contributed by atoms with E-state index >= 15 is 0 Å². The van der Waals surface area contributed by atoms with Crippen LogP contribution in [0, 0.1) is 0 Å². The van der Waals surface area contributed by atoms with Crippen LogP contribution in [0.4, 0.5) is 5.95 Å². The summed E-state index contributed by atoms with van der Waals surface area (Å²) in [6, 6.07) is 12.5. The van der Waals surface area contributed by atoms with Crippen molar-refractivity contribution >= 4 is 16.7 Å². The minimum absolute atomic E-state index is 0.120. The number of ether oxygens (including phenoxy) is 1. The number of benzene rings is 2. The van der Waals surface area contributed by atoms with Crippen molar-refractivity contribution in [1.82, 2.24) is 20.2 Å². The van der Waals surface area contributed by atoms with E-state index in [9.17, 15) is 0 Å². The molecule has 0 bridgehead atoms. The van der Waals surface area contributed by atoms with Gasteiger partial charge in [0.2, 0.25) is 5.95 Å². The van der Waals surface area contributed by atoms with Gasteiger partial charge in [-0.2, -0.15) is 0 Å². The van der Waals surface area contributed by atoms with Crippen molar-refractivity contribution in [3.05, 3.63) is 42.0 Å². The molecule has 0 aliphatic heterocycles. The number of unbranched alkanes of at least 4 members (excludes halogenated alkanes) is 1. The first-order valence-corrected chi connectivity index (χ1v) is 8.86. The van der Waals surface area contributed by atoms with E-state index in [-0.39, 0.29) is 6.10 Å². The Kier molecular flexibility index (Phi) is 5.48. The van der Waals surface area contributed by atoms with Crippen LogP contribution < -0.4 is 10.1 Å². The van der Waals surface area contributed by atoms with Gasteiger partial charge < -0.3 is 10.1 Å². The van der Waals surface area contributed by atoms with Crippen LogP contribution in [0.2, 0.25) is 0 Å². The fourth-order valence-electron chi connectivity index (χ4n) is 2.82. The Hall–Kier alpha value is -2.63. The lowest BCUT2D eigenvalue weighted by atomic mass is 10.0. The van der Waals surface area contributed by atoms with E-state index in [4.69, 9.17) is 4.74 Å². The highest BCUT2D eigenvalue weighted by atomic mass is 16.5.